The molecule has 2 N–H and O–H groups in total. The molecule has 1 rings (SSSR count). The van der Waals surface area contributed by atoms with Gasteiger partial charge in [-0.05, 0) is 26.2 Å². The molecule has 0 aromatic rings. The monoisotopic (exact) mass is 227 g/mol. The summed E-state index contributed by atoms with van der Waals surface area (Å²) < 4.78 is 0. The summed E-state index contributed by atoms with van der Waals surface area (Å²) in [6, 6.07) is 0.433. The van der Waals surface area contributed by atoms with Crippen LogP contribution >= 0.6 is 0 Å². The smallest absolute Gasteiger partial charge is 0.305 e. The fourth-order valence-corrected chi connectivity index (χ4v) is 2.92. The Morgan fingerprint density at radius 1 is 1.38 bits per heavy atom. The number of carboxylic acids is 1. The van der Waals surface area contributed by atoms with Crippen molar-refractivity contribution in [3.8, 4) is 0 Å². The van der Waals surface area contributed by atoms with Crippen LogP contribution in [0.15, 0.2) is 0 Å². The zero-order valence-electron chi connectivity index (χ0n) is 10.6. The molecule has 0 bridgehead atoms. The highest BCUT2D eigenvalue weighted by Gasteiger charge is 2.34. The molecule has 0 radical (unpaired) electrons. The Bertz CT molecular complexity index is 222. The lowest BCUT2D eigenvalue weighted by atomic mass is 9.78. The van der Waals surface area contributed by atoms with Gasteiger partial charge in [-0.2, -0.15) is 0 Å². The van der Waals surface area contributed by atoms with Crippen molar-refractivity contribution < 1.29 is 9.90 Å². The molecule has 1 saturated carbocycles. The van der Waals surface area contributed by atoms with Crippen molar-refractivity contribution in [3.05, 3.63) is 0 Å². The Hall–Kier alpha value is -0.570. The topological polar surface area (TPSA) is 49.3 Å². The molecular weight excluding hydrogens is 202 g/mol. The molecule has 0 spiro atoms. The molecule has 1 unspecified atom stereocenters. The molecule has 0 aliphatic heterocycles. The van der Waals surface area contributed by atoms with Gasteiger partial charge < -0.3 is 10.4 Å². The number of carboxylic acid groups (broad SMARTS) is 1. The molecule has 1 aliphatic rings. The van der Waals surface area contributed by atoms with Crippen LogP contribution in [0, 0.1) is 0 Å². The van der Waals surface area contributed by atoms with Gasteiger partial charge in [-0.3, -0.25) is 4.79 Å². The Balaban J connectivity index is 2.58. The normalized spacial score (nSPS) is 21.6. The first-order valence-electron chi connectivity index (χ1n) is 6.57. The third kappa shape index (κ3) is 4.12. The molecule has 94 valence electrons. The number of carbonyl (C=O) groups is 1. The molecule has 3 heteroatoms. The Morgan fingerprint density at radius 3 is 2.50 bits per heavy atom. The van der Waals surface area contributed by atoms with E-state index >= 15 is 0 Å². The highest BCUT2D eigenvalue weighted by Crippen LogP contribution is 2.31. The van der Waals surface area contributed by atoms with Gasteiger partial charge in [-0.1, -0.05) is 32.6 Å². The van der Waals surface area contributed by atoms with E-state index in [1.807, 2.05) is 0 Å². The molecule has 16 heavy (non-hydrogen) atoms. The number of hydrogen-bond donors (Lipinski definition) is 2. The van der Waals surface area contributed by atoms with E-state index < -0.39 is 5.97 Å². The summed E-state index contributed by atoms with van der Waals surface area (Å²) >= 11 is 0. The first-order chi connectivity index (χ1) is 7.58. The molecule has 0 saturated heterocycles. The van der Waals surface area contributed by atoms with Gasteiger partial charge in [0.15, 0.2) is 0 Å². The van der Waals surface area contributed by atoms with E-state index in [1.165, 1.54) is 19.3 Å². The Kier molecular flexibility index (Phi) is 5.26. The number of hydrogen-bond acceptors (Lipinski definition) is 2. The van der Waals surface area contributed by atoms with Crippen molar-refractivity contribution in [2.24, 2.45) is 0 Å². The van der Waals surface area contributed by atoms with Gasteiger partial charge in [0, 0.05) is 11.6 Å². The average Bonchev–Trinajstić information content (AvgIpc) is 2.17. The van der Waals surface area contributed by atoms with Crippen LogP contribution in [0.3, 0.4) is 0 Å². The van der Waals surface area contributed by atoms with E-state index in [1.54, 1.807) is 0 Å². The summed E-state index contributed by atoms with van der Waals surface area (Å²) in [4.78, 5) is 11.0. The van der Waals surface area contributed by atoms with Crippen molar-refractivity contribution in [2.45, 2.75) is 76.8 Å². The van der Waals surface area contributed by atoms with Crippen LogP contribution < -0.4 is 5.32 Å². The minimum absolute atomic E-state index is 0.126. The van der Waals surface area contributed by atoms with Gasteiger partial charge in [0.1, 0.15) is 0 Å². The van der Waals surface area contributed by atoms with Gasteiger partial charge in [-0.25, -0.2) is 0 Å². The quantitative estimate of drug-likeness (QED) is 0.733. The number of rotatable bonds is 6. The average molecular weight is 227 g/mol. The van der Waals surface area contributed by atoms with Crippen LogP contribution in [0.5, 0.6) is 0 Å². The molecule has 0 heterocycles. The number of aliphatic carboxylic acids is 1. The van der Waals surface area contributed by atoms with E-state index in [4.69, 9.17) is 5.11 Å². The predicted molar refractivity (Wildman–Crippen MR) is 65.6 cm³/mol. The molecule has 0 aromatic heterocycles. The van der Waals surface area contributed by atoms with Gasteiger partial charge in [0.2, 0.25) is 0 Å². The van der Waals surface area contributed by atoms with Crippen LogP contribution in [0.25, 0.3) is 0 Å². The van der Waals surface area contributed by atoms with Crippen molar-refractivity contribution in [3.63, 3.8) is 0 Å². The minimum Gasteiger partial charge on any atom is -0.481 e. The second-order valence-electron chi connectivity index (χ2n) is 5.25. The van der Waals surface area contributed by atoms with Crippen LogP contribution in [0.4, 0.5) is 0 Å². The Morgan fingerprint density at radius 2 is 2.00 bits per heavy atom. The van der Waals surface area contributed by atoms with E-state index in [2.05, 4.69) is 19.2 Å². The largest absolute Gasteiger partial charge is 0.481 e. The Labute approximate surface area is 98.6 Å². The summed E-state index contributed by atoms with van der Waals surface area (Å²) in [6.45, 7) is 4.34. The SMILES string of the molecule is CCCC(C)NC1(CC(=O)O)CCCCC1. The van der Waals surface area contributed by atoms with Crippen LogP contribution in [-0.4, -0.2) is 22.7 Å². The van der Waals surface area contributed by atoms with Crippen molar-refractivity contribution >= 4 is 5.97 Å². The van der Waals surface area contributed by atoms with Crippen LogP contribution in [0.1, 0.15) is 65.2 Å². The molecule has 1 aliphatic carbocycles. The highest BCUT2D eigenvalue weighted by molar-refractivity contribution is 5.68. The predicted octanol–water partition coefficient (Wildman–Crippen LogP) is 2.94. The maximum Gasteiger partial charge on any atom is 0.305 e. The van der Waals surface area contributed by atoms with Crippen molar-refractivity contribution in [2.75, 3.05) is 0 Å². The molecule has 0 amide bonds. The molecule has 1 fully saturated rings. The maximum absolute atomic E-state index is 11.0. The summed E-state index contributed by atoms with van der Waals surface area (Å²) in [5.74, 6) is -0.668. The summed E-state index contributed by atoms with van der Waals surface area (Å²) in [7, 11) is 0. The van der Waals surface area contributed by atoms with Crippen molar-refractivity contribution in [1.29, 1.82) is 0 Å². The second-order valence-corrected chi connectivity index (χ2v) is 5.25. The van der Waals surface area contributed by atoms with E-state index in [0.29, 0.717) is 6.04 Å². The van der Waals surface area contributed by atoms with Gasteiger partial charge in [-0.15, -0.1) is 0 Å². The first kappa shape index (κ1) is 13.5. The summed E-state index contributed by atoms with van der Waals surface area (Å²) in [6.07, 6.45) is 8.18. The lowest BCUT2D eigenvalue weighted by molar-refractivity contribution is -0.139. The second kappa shape index (κ2) is 6.24. The lowest BCUT2D eigenvalue weighted by Crippen LogP contribution is -2.52. The summed E-state index contributed by atoms with van der Waals surface area (Å²) in [5, 5.41) is 12.6. The standard InChI is InChI=1S/C13H25NO2/c1-3-7-11(2)14-13(10-12(15)16)8-5-4-6-9-13/h11,14H,3-10H2,1-2H3,(H,15,16). The van der Waals surface area contributed by atoms with E-state index in [-0.39, 0.29) is 12.0 Å². The molecule has 3 nitrogen and oxygen atoms in total. The third-order valence-electron chi connectivity index (χ3n) is 3.57. The molecule has 0 aromatic carbocycles. The van der Waals surface area contributed by atoms with Crippen LogP contribution in [0.2, 0.25) is 0 Å². The number of nitrogens with one attached hydrogen (secondary N) is 1. The van der Waals surface area contributed by atoms with Gasteiger partial charge in [0.25, 0.3) is 0 Å². The lowest BCUT2D eigenvalue weighted by Gasteiger charge is -2.39. The molecular formula is C13H25NO2. The van der Waals surface area contributed by atoms with E-state index in [0.717, 1.165) is 25.7 Å². The minimum atomic E-state index is -0.668. The van der Waals surface area contributed by atoms with Crippen molar-refractivity contribution in [1.82, 2.24) is 5.32 Å². The highest BCUT2D eigenvalue weighted by atomic mass is 16.4. The summed E-state index contributed by atoms with van der Waals surface area (Å²) in [5.41, 5.74) is -0.126. The first-order valence-corrected chi connectivity index (χ1v) is 6.57. The fourth-order valence-electron chi connectivity index (χ4n) is 2.92. The maximum atomic E-state index is 11.0. The zero-order valence-corrected chi connectivity index (χ0v) is 10.6. The third-order valence-corrected chi connectivity index (χ3v) is 3.57. The molecule has 1 atom stereocenters. The fraction of sp³-hybridized carbons (Fsp3) is 0.923. The zero-order chi connectivity index (χ0) is 12.0. The van der Waals surface area contributed by atoms with Crippen LogP contribution in [-0.2, 0) is 4.79 Å². The van der Waals surface area contributed by atoms with Gasteiger partial charge in [0.05, 0.1) is 6.42 Å². The van der Waals surface area contributed by atoms with Gasteiger partial charge >= 0.3 is 5.97 Å². The van der Waals surface area contributed by atoms with E-state index in [9.17, 15) is 4.79 Å².